The highest BCUT2D eigenvalue weighted by Crippen LogP contribution is 2.39. The number of hydrogen-bond donors (Lipinski definition) is 1. The molecule has 0 atom stereocenters. The number of nitrogens with one attached hydrogen (secondary N) is 1. The van der Waals surface area contributed by atoms with Gasteiger partial charge in [0.15, 0.2) is 11.5 Å². The Balaban J connectivity index is 1.99. The van der Waals surface area contributed by atoms with E-state index in [1.165, 1.54) is 0 Å². The van der Waals surface area contributed by atoms with E-state index in [4.69, 9.17) is 9.47 Å². The molecule has 2 heterocycles. The Hall–Kier alpha value is -2.82. The molecule has 0 saturated heterocycles. The summed E-state index contributed by atoms with van der Waals surface area (Å²) in [6.45, 7) is 6.31. The molecule has 1 N–H and O–H groups in total. The van der Waals surface area contributed by atoms with Gasteiger partial charge in [-0.25, -0.2) is 4.98 Å². The molecule has 1 aliphatic heterocycles. The normalized spacial score (nSPS) is 13.0. The van der Waals surface area contributed by atoms with Gasteiger partial charge in [0.25, 0.3) is 5.56 Å². The van der Waals surface area contributed by atoms with Crippen LogP contribution < -0.4 is 15.0 Å². The second-order valence-corrected chi connectivity index (χ2v) is 6.33. The molecule has 0 spiro atoms. The van der Waals surface area contributed by atoms with Crippen molar-refractivity contribution in [2.45, 2.75) is 26.7 Å². The number of rotatable bonds is 2. The minimum Gasteiger partial charge on any atom is -0.454 e. The summed E-state index contributed by atoms with van der Waals surface area (Å²) >= 11 is 0. The number of aryl methyl sites for hydroxylation is 1. The van der Waals surface area contributed by atoms with Crippen molar-refractivity contribution in [1.82, 2.24) is 9.97 Å². The van der Waals surface area contributed by atoms with Crippen LogP contribution in [0.2, 0.25) is 0 Å². The van der Waals surface area contributed by atoms with Gasteiger partial charge in [0, 0.05) is 0 Å². The number of aromatic nitrogens is 2. The summed E-state index contributed by atoms with van der Waals surface area (Å²) in [6.07, 6.45) is 0. The second kappa shape index (κ2) is 5.37. The molecule has 0 bridgehead atoms. The maximum absolute atomic E-state index is 12.3. The van der Waals surface area contributed by atoms with Crippen molar-refractivity contribution in [2.24, 2.45) is 0 Å². The summed E-state index contributed by atoms with van der Waals surface area (Å²) in [6, 6.07) is 9.81. The van der Waals surface area contributed by atoms with Gasteiger partial charge in [-0.1, -0.05) is 19.9 Å². The lowest BCUT2D eigenvalue weighted by Crippen LogP contribution is -2.10. The predicted molar refractivity (Wildman–Crippen MR) is 92.7 cm³/mol. The van der Waals surface area contributed by atoms with Crippen molar-refractivity contribution in [3.63, 3.8) is 0 Å². The average molecular weight is 322 g/mol. The van der Waals surface area contributed by atoms with Crippen LogP contribution >= 0.6 is 0 Å². The first kappa shape index (κ1) is 14.8. The van der Waals surface area contributed by atoms with E-state index in [1.807, 2.05) is 30.3 Å². The van der Waals surface area contributed by atoms with Crippen molar-refractivity contribution in [3.05, 3.63) is 52.1 Å². The summed E-state index contributed by atoms with van der Waals surface area (Å²) in [4.78, 5) is 19.6. The molecule has 2 aromatic carbocycles. The van der Waals surface area contributed by atoms with Crippen LogP contribution in [0.3, 0.4) is 0 Å². The smallest absolute Gasteiger partial charge is 0.258 e. The summed E-state index contributed by atoms with van der Waals surface area (Å²) in [5.41, 5.74) is 3.79. The Bertz CT molecular complexity index is 1010. The Kier molecular flexibility index (Phi) is 3.30. The SMILES string of the molecule is Cc1nc2cc(C(C)C)c(-c3ccc4c(c3)OCO4)cc2c(=O)[nH]1. The molecule has 0 amide bonds. The lowest BCUT2D eigenvalue weighted by atomic mass is 9.91. The summed E-state index contributed by atoms with van der Waals surface area (Å²) < 4.78 is 10.9. The Labute approximate surface area is 139 Å². The zero-order chi connectivity index (χ0) is 16.8. The lowest BCUT2D eigenvalue weighted by Gasteiger charge is -2.15. The number of ether oxygens (including phenoxy) is 2. The molecule has 0 saturated carbocycles. The van der Waals surface area contributed by atoms with E-state index in [2.05, 4.69) is 23.8 Å². The maximum Gasteiger partial charge on any atom is 0.258 e. The van der Waals surface area contributed by atoms with Crippen molar-refractivity contribution >= 4 is 10.9 Å². The minimum atomic E-state index is -0.116. The highest BCUT2D eigenvalue weighted by atomic mass is 16.7. The van der Waals surface area contributed by atoms with Gasteiger partial charge in [0.2, 0.25) is 6.79 Å². The molecule has 4 rings (SSSR count). The maximum atomic E-state index is 12.3. The third kappa shape index (κ3) is 2.33. The largest absolute Gasteiger partial charge is 0.454 e. The molecule has 0 radical (unpaired) electrons. The van der Waals surface area contributed by atoms with Crippen LogP contribution in [-0.4, -0.2) is 16.8 Å². The fraction of sp³-hybridized carbons (Fsp3) is 0.263. The topological polar surface area (TPSA) is 64.2 Å². The van der Waals surface area contributed by atoms with E-state index in [9.17, 15) is 4.79 Å². The first-order valence-corrected chi connectivity index (χ1v) is 7.97. The van der Waals surface area contributed by atoms with E-state index in [0.717, 1.165) is 33.7 Å². The van der Waals surface area contributed by atoms with E-state index in [1.54, 1.807) is 6.92 Å². The number of nitrogens with zero attached hydrogens (tertiary/aromatic N) is 1. The number of aromatic amines is 1. The number of fused-ring (bicyclic) bond motifs is 2. The highest BCUT2D eigenvalue weighted by Gasteiger charge is 2.17. The second-order valence-electron chi connectivity index (χ2n) is 6.33. The lowest BCUT2D eigenvalue weighted by molar-refractivity contribution is 0.174. The Morgan fingerprint density at radius 2 is 1.92 bits per heavy atom. The van der Waals surface area contributed by atoms with Crippen molar-refractivity contribution in [1.29, 1.82) is 0 Å². The van der Waals surface area contributed by atoms with Gasteiger partial charge in [-0.05, 0) is 53.8 Å². The zero-order valence-electron chi connectivity index (χ0n) is 13.8. The molecule has 0 aliphatic carbocycles. The summed E-state index contributed by atoms with van der Waals surface area (Å²) in [5.74, 6) is 2.41. The van der Waals surface area contributed by atoms with Gasteiger partial charge >= 0.3 is 0 Å². The molecular weight excluding hydrogens is 304 g/mol. The van der Waals surface area contributed by atoms with E-state index in [0.29, 0.717) is 17.1 Å². The van der Waals surface area contributed by atoms with Crippen molar-refractivity contribution in [2.75, 3.05) is 6.79 Å². The van der Waals surface area contributed by atoms with Gasteiger partial charge in [-0.2, -0.15) is 0 Å². The van der Waals surface area contributed by atoms with E-state index < -0.39 is 0 Å². The fourth-order valence-electron chi connectivity index (χ4n) is 3.11. The molecule has 0 unspecified atom stereocenters. The molecule has 122 valence electrons. The molecular formula is C19H18N2O3. The van der Waals surface area contributed by atoms with Gasteiger partial charge in [-0.15, -0.1) is 0 Å². The Morgan fingerprint density at radius 3 is 2.71 bits per heavy atom. The summed E-state index contributed by atoms with van der Waals surface area (Å²) in [7, 11) is 0. The third-order valence-electron chi connectivity index (χ3n) is 4.30. The van der Waals surface area contributed by atoms with Crippen LogP contribution in [-0.2, 0) is 0 Å². The van der Waals surface area contributed by atoms with Gasteiger partial charge in [-0.3, -0.25) is 4.79 Å². The third-order valence-corrected chi connectivity index (χ3v) is 4.30. The molecule has 1 aliphatic rings. The first-order chi connectivity index (χ1) is 11.5. The van der Waals surface area contributed by atoms with E-state index >= 15 is 0 Å². The Morgan fingerprint density at radius 1 is 1.12 bits per heavy atom. The van der Waals surface area contributed by atoms with Crippen LogP contribution in [0.4, 0.5) is 0 Å². The molecule has 1 aromatic heterocycles. The minimum absolute atomic E-state index is 0.116. The average Bonchev–Trinajstić information content (AvgIpc) is 3.01. The summed E-state index contributed by atoms with van der Waals surface area (Å²) in [5, 5.41) is 0.595. The van der Waals surface area contributed by atoms with Crippen LogP contribution in [0.25, 0.3) is 22.0 Å². The predicted octanol–water partition coefficient (Wildman–Crippen LogP) is 3.75. The van der Waals surface area contributed by atoms with Gasteiger partial charge in [0.1, 0.15) is 5.82 Å². The van der Waals surface area contributed by atoms with Gasteiger partial charge in [0.05, 0.1) is 10.9 Å². The standard InChI is InChI=1S/C19H18N2O3/c1-10(2)13-8-16-15(19(22)21-11(3)20-16)7-14(13)12-4-5-17-18(6-12)24-9-23-17/h4-8,10H,9H2,1-3H3,(H,20,21,22). The highest BCUT2D eigenvalue weighted by molar-refractivity contribution is 5.86. The first-order valence-electron chi connectivity index (χ1n) is 7.97. The molecule has 5 heteroatoms. The monoisotopic (exact) mass is 322 g/mol. The zero-order valence-corrected chi connectivity index (χ0v) is 13.8. The fourth-order valence-corrected chi connectivity index (χ4v) is 3.11. The van der Waals surface area contributed by atoms with Crippen LogP contribution in [0.15, 0.2) is 35.1 Å². The van der Waals surface area contributed by atoms with Crippen molar-refractivity contribution < 1.29 is 9.47 Å². The number of H-pyrrole nitrogens is 1. The number of hydrogen-bond acceptors (Lipinski definition) is 4. The molecule has 24 heavy (non-hydrogen) atoms. The molecule has 3 aromatic rings. The van der Waals surface area contributed by atoms with Gasteiger partial charge < -0.3 is 14.5 Å². The van der Waals surface area contributed by atoms with E-state index in [-0.39, 0.29) is 12.4 Å². The quantitative estimate of drug-likeness (QED) is 0.780. The van der Waals surface area contributed by atoms with Crippen LogP contribution in [0.1, 0.15) is 31.2 Å². The van der Waals surface area contributed by atoms with Crippen LogP contribution in [0.5, 0.6) is 11.5 Å². The van der Waals surface area contributed by atoms with Crippen LogP contribution in [0, 0.1) is 6.92 Å². The number of benzene rings is 2. The van der Waals surface area contributed by atoms with Crippen molar-refractivity contribution in [3.8, 4) is 22.6 Å². The molecule has 0 fully saturated rings. The molecule has 5 nitrogen and oxygen atoms in total.